The number of ether oxygens (including phenoxy) is 1. The van der Waals surface area contributed by atoms with Crippen molar-refractivity contribution >= 4 is 60.5 Å². The average Bonchev–Trinajstić information content (AvgIpc) is 3.17. The van der Waals surface area contributed by atoms with Gasteiger partial charge in [0, 0.05) is 10.5 Å². The molecule has 0 saturated carbocycles. The Balaban J connectivity index is 1.52. The first-order valence-electron chi connectivity index (χ1n) is 7.84. The average molecular weight is 494 g/mol. The highest BCUT2D eigenvalue weighted by molar-refractivity contribution is 9.11. The monoisotopic (exact) mass is 492 g/mol. The van der Waals surface area contributed by atoms with Crippen LogP contribution in [0.15, 0.2) is 68.2 Å². The molecule has 0 atom stereocenters. The predicted octanol–water partition coefficient (Wildman–Crippen LogP) is 4.20. The second-order valence-electron chi connectivity index (χ2n) is 5.42. The minimum atomic E-state index is -0.489. The molecule has 138 valence electrons. The molecule has 0 saturated heterocycles. The molecule has 6 nitrogen and oxygen atoms in total. The number of fused-ring (bicyclic) bond motifs is 1. The fraction of sp³-hybridized carbons (Fsp3) is 0.0526. The van der Waals surface area contributed by atoms with Gasteiger partial charge < -0.3 is 9.15 Å². The van der Waals surface area contributed by atoms with Gasteiger partial charge in [0.15, 0.2) is 6.61 Å². The number of hydrazine groups is 1. The Bertz CT molecular complexity index is 1000. The summed E-state index contributed by atoms with van der Waals surface area (Å²) < 4.78 is 12.3. The zero-order valence-corrected chi connectivity index (χ0v) is 17.0. The minimum Gasteiger partial charge on any atom is -0.483 e. The lowest BCUT2D eigenvalue weighted by Crippen LogP contribution is -2.43. The van der Waals surface area contributed by atoms with Gasteiger partial charge in [0.1, 0.15) is 11.5 Å². The number of carbonyl (C=O) groups is 2. The van der Waals surface area contributed by atoms with Gasteiger partial charge in [0.05, 0.1) is 10.7 Å². The summed E-state index contributed by atoms with van der Waals surface area (Å²) >= 11 is 6.93. The number of nitrogens with one attached hydrogen (secondary N) is 2. The van der Waals surface area contributed by atoms with Crippen LogP contribution in [-0.2, 0) is 9.59 Å². The van der Waals surface area contributed by atoms with Crippen molar-refractivity contribution in [3.63, 3.8) is 0 Å². The van der Waals surface area contributed by atoms with Gasteiger partial charge in [-0.3, -0.25) is 20.4 Å². The van der Waals surface area contributed by atoms with Crippen LogP contribution < -0.4 is 15.6 Å². The van der Waals surface area contributed by atoms with Crippen molar-refractivity contribution < 1.29 is 18.7 Å². The molecule has 0 spiro atoms. The van der Waals surface area contributed by atoms with Crippen LogP contribution in [0.5, 0.6) is 5.75 Å². The first-order valence-corrected chi connectivity index (χ1v) is 9.42. The summed E-state index contributed by atoms with van der Waals surface area (Å²) in [7, 11) is 0. The molecule has 1 heterocycles. The number of hydrogen-bond acceptors (Lipinski definition) is 4. The molecular formula is C19H14Br2N2O4. The van der Waals surface area contributed by atoms with Gasteiger partial charge >= 0.3 is 0 Å². The molecule has 27 heavy (non-hydrogen) atoms. The zero-order valence-electron chi connectivity index (χ0n) is 13.9. The van der Waals surface area contributed by atoms with Crippen LogP contribution in [-0.4, -0.2) is 18.4 Å². The molecule has 0 aliphatic heterocycles. The fourth-order valence-corrected chi connectivity index (χ4v) is 3.24. The van der Waals surface area contributed by atoms with Crippen LogP contribution in [0.4, 0.5) is 0 Å². The molecule has 0 aliphatic carbocycles. The first kappa shape index (κ1) is 19.2. The molecule has 1 aromatic heterocycles. The Labute approximate surface area is 171 Å². The molecule has 3 rings (SSSR count). The van der Waals surface area contributed by atoms with Crippen molar-refractivity contribution in [1.82, 2.24) is 10.9 Å². The number of furan rings is 1. The topological polar surface area (TPSA) is 80.6 Å². The van der Waals surface area contributed by atoms with Crippen LogP contribution in [0.3, 0.4) is 0 Å². The van der Waals surface area contributed by atoms with Crippen molar-refractivity contribution in [3.05, 3.63) is 69.5 Å². The minimum absolute atomic E-state index is 0.247. The molecule has 0 unspecified atom stereocenters. The Kier molecular flexibility index (Phi) is 6.31. The Hall–Kier alpha value is -2.58. The maximum absolute atomic E-state index is 11.9. The molecule has 0 bridgehead atoms. The van der Waals surface area contributed by atoms with Crippen LogP contribution in [0.2, 0.25) is 0 Å². The molecule has 0 fully saturated rings. The summed E-state index contributed by atoms with van der Waals surface area (Å²) in [4.78, 5) is 23.5. The number of amides is 2. The zero-order chi connectivity index (χ0) is 19.2. The summed E-state index contributed by atoms with van der Waals surface area (Å²) in [6, 6.07) is 13.0. The van der Waals surface area contributed by atoms with Gasteiger partial charge in [-0.2, -0.15) is 0 Å². The van der Waals surface area contributed by atoms with E-state index in [-0.39, 0.29) is 6.61 Å². The highest BCUT2D eigenvalue weighted by Crippen LogP contribution is 2.34. The lowest BCUT2D eigenvalue weighted by molar-refractivity contribution is -0.128. The third-order valence-electron chi connectivity index (χ3n) is 3.51. The van der Waals surface area contributed by atoms with Crippen molar-refractivity contribution in [2.24, 2.45) is 0 Å². The van der Waals surface area contributed by atoms with E-state index in [9.17, 15) is 9.59 Å². The number of rotatable bonds is 5. The van der Waals surface area contributed by atoms with E-state index in [4.69, 9.17) is 9.15 Å². The summed E-state index contributed by atoms with van der Waals surface area (Å²) in [6.07, 6.45) is 4.24. The van der Waals surface area contributed by atoms with Crippen LogP contribution in [0.25, 0.3) is 16.8 Å². The number of halogens is 2. The number of carbonyl (C=O) groups excluding carboxylic acids is 2. The molecule has 0 radical (unpaired) electrons. The van der Waals surface area contributed by atoms with Gasteiger partial charge in [0.2, 0.25) is 0 Å². The Morgan fingerprint density at radius 2 is 1.96 bits per heavy atom. The largest absolute Gasteiger partial charge is 0.483 e. The molecule has 2 amide bonds. The number of benzene rings is 2. The van der Waals surface area contributed by atoms with Gasteiger partial charge in [-0.05, 0) is 63.1 Å². The van der Waals surface area contributed by atoms with Crippen LogP contribution in [0.1, 0.15) is 5.76 Å². The standard InChI is InChI=1S/C19H14Br2N2O4/c20-13-4-6-15-12(10-13)3-7-16(19(15)21)27-11-18(25)23-22-17(24)8-5-14-2-1-9-26-14/h1-10H,11H2,(H,22,24)(H,23,25). The van der Waals surface area contributed by atoms with Crippen LogP contribution in [0, 0.1) is 0 Å². The summed E-state index contributed by atoms with van der Waals surface area (Å²) in [5.41, 5.74) is 4.55. The third-order valence-corrected chi connectivity index (χ3v) is 4.82. The molecule has 0 aliphatic rings. The molecule has 2 N–H and O–H groups in total. The van der Waals surface area contributed by atoms with Crippen molar-refractivity contribution in [2.45, 2.75) is 0 Å². The smallest absolute Gasteiger partial charge is 0.276 e. The van der Waals surface area contributed by atoms with E-state index in [1.807, 2.05) is 24.3 Å². The van der Waals surface area contributed by atoms with Crippen molar-refractivity contribution in [2.75, 3.05) is 6.61 Å². The van der Waals surface area contributed by atoms with Gasteiger partial charge in [-0.25, -0.2) is 0 Å². The van der Waals surface area contributed by atoms with Crippen LogP contribution >= 0.6 is 31.9 Å². The Morgan fingerprint density at radius 3 is 2.74 bits per heavy atom. The van der Waals surface area contributed by atoms with E-state index in [0.29, 0.717) is 11.5 Å². The van der Waals surface area contributed by atoms with Crippen molar-refractivity contribution in [1.29, 1.82) is 0 Å². The highest BCUT2D eigenvalue weighted by Gasteiger charge is 2.09. The fourth-order valence-electron chi connectivity index (χ4n) is 2.25. The van der Waals surface area contributed by atoms with E-state index in [1.165, 1.54) is 18.4 Å². The molecule has 3 aromatic rings. The summed E-state index contributed by atoms with van der Waals surface area (Å²) in [6.45, 7) is -0.247. The lowest BCUT2D eigenvalue weighted by atomic mass is 10.1. The normalized spacial score (nSPS) is 10.9. The van der Waals surface area contributed by atoms with E-state index < -0.39 is 11.8 Å². The summed E-state index contributed by atoms with van der Waals surface area (Å²) in [5.74, 6) is 0.0896. The lowest BCUT2D eigenvalue weighted by Gasteiger charge is -2.11. The van der Waals surface area contributed by atoms with E-state index in [0.717, 1.165) is 19.7 Å². The van der Waals surface area contributed by atoms with Gasteiger partial charge in [0.25, 0.3) is 11.8 Å². The highest BCUT2D eigenvalue weighted by atomic mass is 79.9. The van der Waals surface area contributed by atoms with E-state index in [2.05, 4.69) is 42.7 Å². The van der Waals surface area contributed by atoms with Gasteiger partial charge in [-0.15, -0.1) is 0 Å². The van der Waals surface area contributed by atoms with Gasteiger partial charge in [-0.1, -0.05) is 28.1 Å². The molecular weight excluding hydrogens is 480 g/mol. The summed E-state index contributed by atoms with van der Waals surface area (Å²) in [5, 5.41) is 2.00. The second-order valence-corrected chi connectivity index (χ2v) is 7.13. The SMILES string of the molecule is O=C(C=Cc1ccco1)NNC(=O)COc1ccc2cc(Br)ccc2c1Br. The second kappa shape index (κ2) is 8.88. The first-order chi connectivity index (χ1) is 13.0. The maximum atomic E-state index is 11.9. The van der Waals surface area contributed by atoms with E-state index >= 15 is 0 Å². The Morgan fingerprint density at radius 1 is 1.11 bits per heavy atom. The number of hydrogen-bond donors (Lipinski definition) is 2. The molecule has 8 heteroatoms. The third kappa shape index (κ3) is 5.21. The quantitative estimate of drug-likeness (QED) is 0.412. The maximum Gasteiger partial charge on any atom is 0.276 e. The van der Waals surface area contributed by atoms with E-state index in [1.54, 1.807) is 18.2 Å². The predicted molar refractivity (Wildman–Crippen MR) is 109 cm³/mol. The molecule has 2 aromatic carbocycles. The van der Waals surface area contributed by atoms with Crippen molar-refractivity contribution in [3.8, 4) is 5.75 Å².